The summed E-state index contributed by atoms with van der Waals surface area (Å²) in [6.07, 6.45) is 92.8. The van der Waals surface area contributed by atoms with Gasteiger partial charge in [0.15, 0.2) is 6.10 Å². The topological polar surface area (TPSA) is 78.9 Å². The molecule has 466 valence electrons. The molecule has 6 nitrogen and oxygen atoms in total. The molecule has 6 heteroatoms. The van der Waals surface area contributed by atoms with Crippen molar-refractivity contribution in [3.8, 4) is 0 Å². The predicted octanol–water partition coefficient (Wildman–Crippen LogP) is 24.0. The second-order valence-corrected chi connectivity index (χ2v) is 23.1. The van der Waals surface area contributed by atoms with E-state index in [2.05, 4.69) is 118 Å². The Hall–Kier alpha value is -3.67. The third-order valence-corrected chi connectivity index (χ3v) is 15.1. The summed E-state index contributed by atoms with van der Waals surface area (Å²) in [6.45, 7) is 6.54. The van der Waals surface area contributed by atoms with E-state index in [9.17, 15) is 14.4 Å². The van der Waals surface area contributed by atoms with Gasteiger partial charge in [0.05, 0.1) is 0 Å². The SMILES string of the molecule is CC/C=C\C/C=C\C/C=C\C/C=C\C/C=C\C/C=C\C/C=C\C/C=C\CCCCC(=O)OCC(COC(=O)CCCCCCCCCCCCCCCCC)OC(=O)CCCCCCCCCCCCCCCCCCCCCCC. The van der Waals surface area contributed by atoms with Crippen molar-refractivity contribution in [2.45, 2.75) is 348 Å². The van der Waals surface area contributed by atoms with Gasteiger partial charge in [-0.3, -0.25) is 14.4 Å². The molecule has 0 radical (unpaired) electrons. The van der Waals surface area contributed by atoms with Crippen molar-refractivity contribution < 1.29 is 28.6 Å². The number of ether oxygens (including phenoxy) is 3. The number of hydrogen-bond donors (Lipinski definition) is 0. The van der Waals surface area contributed by atoms with Gasteiger partial charge in [0.2, 0.25) is 0 Å². The molecule has 0 heterocycles. The molecular weight excluding hydrogens is 997 g/mol. The summed E-state index contributed by atoms with van der Waals surface area (Å²) >= 11 is 0. The molecule has 0 aromatic rings. The van der Waals surface area contributed by atoms with Crippen LogP contribution in [0.3, 0.4) is 0 Å². The highest BCUT2D eigenvalue weighted by molar-refractivity contribution is 5.71. The lowest BCUT2D eigenvalue weighted by Gasteiger charge is -2.18. The molecule has 0 aliphatic rings. The highest BCUT2D eigenvalue weighted by atomic mass is 16.6. The van der Waals surface area contributed by atoms with Crippen molar-refractivity contribution >= 4 is 17.9 Å². The zero-order valence-corrected chi connectivity index (χ0v) is 53.5. The van der Waals surface area contributed by atoms with Gasteiger partial charge in [-0.05, 0) is 83.5 Å². The summed E-state index contributed by atoms with van der Waals surface area (Å²) in [5.74, 6) is -0.914. The molecule has 0 aliphatic carbocycles. The van der Waals surface area contributed by atoms with Crippen LogP contribution in [0.5, 0.6) is 0 Å². The lowest BCUT2D eigenvalue weighted by Crippen LogP contribution is -2.30. The van der Waals surface area contributed by atoms with Crippen LogP contribution < -0.4 is 0 Å². The van der Waals surface area contributed by atoms with Crippen LogP contribution in [0.15, 0.2) is 97.2 Å². The van der Waals surface area contributed by atoms with Crippen molar-refractivity contribution in [3.63, 3.8) is 0 Å². The Kier molecular flexibility index (Phi) is 65.7. The van der Waals surface area contributed by atoms with E-state index < -0.39 is 6.10 Å². The minimum absolute atomic E-state index is 0.0868. The Balaban J connectivity index is 4.41. The van der Waals surface area contributed by atoms with E-state index in [4.69, 9.17) is 14.2 Å². The molecule has 0 amide bonds. The van der Waals surface area contributed by atoms with Gasteiger partial charge < -0.3 is 14.2 Å². The van der Waals surface area contributed by atoms with Crippen molar-refractivity contribution in [3.05, 3.63) is 97.2 Å². The van der Waals surface area contributed by atoms with Gasteiger partial charge in [0, 0.05) is 19.3 Å². The molecule has 1 unspecified atom stereocenters. The molecule has 0 aromatic carbocycles. The quantitative estimate of drug-likeness (QED) is 0.0261. The molecule has 0 saturated carbocycles. The average Bonchev–Trinajstić information content (AvgIpc) is 3.47. The van der Waals surface area contributed by atoms with Gasteiger partial charge in [0.1, 0.15) is 13.2 Å². The van der Waals surface area contributed by atoms with Crippen LogP contribution >= 0.6 is 0 Å². The molecule has 0 saturated heterocycles. The van der Waals surface area contributed by atoms with Gasteiger partial charge in [-0.25, -0.2) is 0 Å². The summed E-state index contributed by atoms with van der Waals surface area (Å²) in [7, 11) is 0. The molecular formula is C75H130O6. The fourth-order valence-corrected chi connectivity index (χ4v) is 9.93. The van der Waals surface area contributed by atoms with E-state index in [1.165, 1.54) is 193 Å². The Morgan fingerprint density at radius 2 is 0.481 bits per heavy atom. The van der Waals surface area contributed by atoms with Crippen LogP contribution in [0, 0.1) is 0 Å². The number of carbonyl (C=O) groups excluding carboxylic acids is 3. The molecule has 81 heavy (non-hydrogen) atoms. The van der Waals surface area contributed by atoms with Crippen molar-refractivity contribution in [1.82, 2.24) is 0 Å². The van der Waals surface area contributed by atoms with Gasteiger partial charge in [-0.15, -0.1) is 0 Å². The number of carbonyl (C=O) groups is 3. The van der Waals surface area contributed by atoms with Crippen molar-refractivity contribution in [2.75, 3.05) is 13.2 Å². The molecule has 0 aliphatic heterocycles. The van der Waals surface area contributed by atoms with E-state index in [0.29, 0.717) is 19.3 Å². The second-order valence-electron chi connectivity index (χ2n) is 23.1. The normalized spacial score (nSPS) is 12.7. The number of allylic oxidation sites excluding steroid dienone is 16. The van der Waals surface area contributed by atoms with Crippen molar-refractivity contribution in [2.24, 2.45) is 0 Å². The number of rotatable bonds is 63. The Morgan fingerprint density at radius 1 is 0.259 bits per heavy atom. The van der Waals surface area contributed by atoms with Crippen LogP contribution in [0.25, 0.3) is 0 Å². The first kappa shape index (κ1) is 77.3. The molecule has 0 bridgehead atoms. The highest BCUT2D eigenvalue weighted by Crippen LogP contribution is 2.18. The fraction of sp³-hybridized carbons (Fsp3) is 0.747. The molecule has 1 atom stereocenters. The summed E-state index contributed by atoms with van der Waals surface area (Å²) in [4.78, 5) is 38.4. The largest absolute Gasteiger partial charge is 0.462 e. The minimum Gasteiger partial charge on any atom is -0.462 e. The standard InChI is InChI=1S/C75H130O6/c1-4-7-10-13-16-19-22-25-28-30-32-34-35-36-37-38-39-41-42-44-47-50-53-56-59-62-65-68-74(77)80-71-72(70-79-73(76)67-64-61-58-55-52-49-46-27-24-21-18-15-12-9-6-3)81-75(78)69-66-63-60-57-54-51-48-45-43-40-33-31-29-26-23-20-17-14-11-8-5-2/h7,10,16,19,25,28,32,34,36-37,39,41,44,47,53,56,72H,4-6,8-9,11-15,17-18,20-24,26-27,29-31,33,35,38,40,42-43,45-46,48-52,54-55,57-71H2,1-3H3/b10-7-,19-16-,28-25-,34-32-,37-36-,41-39-,47-44-,56-53-. The zero-order valence-electron chi connectivity index (χ0n) is 53.5. The summed E-state index contributed by atoms with van der Waals surface area (Å²) in [5, 5.41) is 0. The van der Waals surface area contributed by atoms with Gasteiger partial charge in [-0.2, -0.15) is 0 Å². The molecule has 0 aromatic heterocycles. The smallest absolute Gasteiger partial charge is 0.306 e. The number of unbranched alkanes of at least 4 members (excludes halogenated alkanes) is 36. The van der Waals surface area contributed by atoms with Gasteiger partial charge in [-0.1, -0.05) is 336 Å². The van der Waals surface area contributed by atoms with Crippen LogP contribution in [-0.4, -0.2) is 37.2 Å². The second kappa shape index (κ2) is 68.8. The minimum atomic E-state index is -0.795. The maximum absolute atomic E-state index is 13.0. The van der Waals surface area contributed by atoms with E-state index >= 15 is 0 Å². The fourth-order valence-electron chi connectivity index (χ4n) is 9.93. The van der Waals surface area contributed by atoms with E-state index in [1.807, 2.05) is 0 Å². The zero-order chi connectivity index (χ0) is 58.5. The molecule has 0 fully saturated rings. The molecule has 0 spiro atoms. The highest BCUT2D eigenvalue weighted by Gasteiger charge is 2.19. The lowest BCUT2D eigenvalue weighted by molar-refractivity contribution is -0.167. The number of esters is 3. The Morgan fingerprint density at radius 3 is 0.753 bits per heavy atom. The Bertz CT molecular complexity index is 1580. The van der Waals surface area contributed by atoms with Crippen LogP contribution in [0.2, 0.25) is 0 Å². The average molecular weight is 1130 g/mol. The first-order chi connectivity index (χ1) is 40.0. The first-order valence-corrected chi connectivity index (χ1v) is 34.7. The molecule has 0 rings (SSSR count). The van der Waals surface area contributed by atoms with Gasteiger partial charge in [0.25, 0.3) is 0 Å². The Labute approximate surface area is 502 Å². The van der Waals surface area contributed by atoms with Crippen LogP contribution in [-0.2, 0) is 28.6 Å². The summed E-state index contributed by atoms with van der Waals surface area (Å²) < 4.78 is 17.0. The third-order valence-electron chi connectivity index (χ3n) is 15.1. The van der Waals surface area contributed by atoms with E-state index in [1.54, 1.807) is 0 Å². The van der Waals surface area contributed by atoms with E-state index in [0.717, 1.165) is 109 Å². The summed E-state index contributed by atoms with van der Waals surface area (Å²) in [6, 6.07) is 0. The van der Waals surface area contributed by atoms with E-state index in [-0.39, 0.29) is 31.1 Å². The predicted molar refractivity (Wildman–Crippen MR) is 353 cm³/mol. The maximum Gasteiger partial charge on any atom is 0.306 e. The number of hydrogen-bond acceptors (Lipinski definition) is 6. The monoisotopic (exact) mass is 1130 g/mol. The van der Waals surface area contributed by atoms with Crippen LogP contribution in [0.4, 0.5) is 0 Å². The summed E-state index contributed by atoms with van der Waals surface area (Å²) in [5.41, 5.74) is 0. The third kappa shape index (κ3) is 67.0. The lowest BCUT2D eigenvalue weighted by atomic mass is 10.0. The molecule has 0 N–H and O–H groups in total. The van der Waals surface area contributed by atoms with Crippen molar-refractivity contribution in [1.29, 1.82) is 0 Å². The van der Waals surface area contributed by atoms with Gasteiger partial charge >= 0.3 is 17.9 Å². The first-order valence-electron chi connectivity index (χ1n) is 34.7. The maximum atomic E-state index is 13.0. The van der Waals surface area contributed by atoms with Crippen LogP contribution in [0.1, 0.15) is 342 Å².